The van der Waals surface area contributed by atoms with Gasteiger partial charge in [0.1, 0.15) is 0 Å². The molecule has 0 heteroatoms. The zero-order valence-corrected chi connectivity index (χ0v) is 50.1. The molecule has 0 atom stereocenters. The normalized spacial score (nSPS) is 13.7. The predicted molar refractivity (Wildman–Crippen MR) is 371 cm³/mol. The van der Waals surface area contributed by atoms with Crippen LogP contribution in [0.1, 0.15) is 101 Å². The molecule has 0 heterocycles. The maximum absolute atomic E-state index is 2.54. The molecule has 0 N–H and O–H groups in total. The molecule has 0 saturated heterocycles. The molecule has 0 aromatic heterocycles. The minimum atomic E-state index is -0.261. The van der Waals surface area contributed by atoms with E-state index in [-0.39, 0.29) is 10.8 Å². The van der Waals surface area contributed by atoms with Gasteiger partial charge in [-0.2, -0.15) is 0 Å². The lowest BCUT2D eigenvalue weighted by Crippen LogP contribution is -2.15. The standard InChI is InChI=1S/C86H70/c1-6-7-8-9-10-11-26-54-41-43-55(44-42-54)79-63-28-12-14-30-65(63)80(66-31-15-13-29-64(66)79)57-46-49-61-62-50-47-58(53-78(62)86(4,5)77(61)52-57)82-69-34-18-22-38-73(69)84(74-39-23-19-35-70(74)82)83-71-36-20-16-32-67(71)81(68-33-17-21-37-72(68)83)56-45-48-60-59-27-24-25-40-75(59)85(2,3)76(60)51-56/h12-25,27-53H,6-11,26H2,1-5H3. The van der Waals surface area contributed by atoms with Crippen molar-refractivity contribution in [2.45, 2.75) is 90.4 Å². The number of fused-ring (bicyclic) bond motifs is 12. The van der Waals surface area contributed by atoms with Crippen LogP contribution in [0.2, 0.25) is 0 Å². The Kier molecular flexibility index (Phi) is 12.4. The topological polar surface area (TPSA) is 0 Å². The van der Waals surface area contributed by atoms with E-state index in [4.69, 9.17) is 0 Å². The molecule has 0 radical (unpaired) electrons. The molecule has 0 fully saturated rings. The van der Waals surface area contributed by atoms with Gasteiger partial charge in [0.2, 0.25) is 0 Å². The van der Waals surface area contributed by atoms with Crippen molar-refractivity contribution in [3.8, 4) is 77.9 Å². The van der Waals surface area contributed by atoms with Gasteiger partial charge < -0.3 is 0 Å². The van der Waals surface area contributed by atoms with Gasteiger partial charge in [0.15, 0.2) is 0 Å². The van der Waals surface area contributed by atoms with Crippen molar-refractivity contribution in [2.75, 3.05) is 0 Å². The van der Waals surface area contributed by atoms with Gasteiger partial charge in [-0.15, -0.1) is 0 Å². The van der Waals surface area contributed by atoms with Crippen LogP contribution in [-0.2, 0) is 17.3 Å². The number of rotatable bonds is 12. The van der Waals surface area contributed by atoms with Crippen LogP contribution >= 0.6 is 0 Å². The third-order valence-electron chi connectivity index (χ3n) is 20.2. The number of hydrogen-bond donors (Lipinski definition) is 0. The molecule has 0 spiro atoms. The first-order chi connectivity index (χ1) is 42.2. The Morgan fingerprint density at radius 3 is 0.860 bits per heavy atom. The van der Waals surface area contributed by atoms with Crippen LogP contribution in [-0.4, -0.2) is 0 Å². The summed E-state index contributed by atoms with van der Waals surface area (Å²) in [5.74, 6) is 0. The molecule has 0 aliphatic heterocycles. The van der Waals surface area contributed by atoms with Crippen molar-refractivity contribution in [2.24, 2.45) is 0 Å². The summed E-state index contributed by atoms with van der Waals surface area (Å²) in [6.07, 6.45) is 9.07. The van der Waals surface area contributed by atoms with Crippen molar-refractivity contribution >= 4 is 64.6 Å². The number of aryl methyl sites for hydroxylation is 1. The summed E-state index contributed by atoms with van der Waals surface area (Å²) in [7, 11) is 0. The summed E-state index contributed by atoms with van der Waals surface area (Å²) in [4.78, 5) is 0. The van der Waals surface area contributed by atoms with Crippen LogP contribution in [0.15, 0.2) is 249 Å². The zero-order valence-electron chi connectivity index (χ0n) is 50.1. The van der Waals surface area contributed by atoms with Crippen LogP contribution in [0.4, 0.5) is 0 Å². The lowest BCUT2D eigenvalue weighted by Gasteiger charge is -2.25. The van der Waals surface area contributed by atoms with E-state index in [1.54, 1.807) is 0 Å². The van der Waals surface area contributed by atoms with E-state index in [1.807, 2.05) is 0 Å². The third kappa shape index (κ3) is 8.02. The molecule has 0 bridgehead atoms. The Morgan fingerprint density at radius 2 is 0.500 bits per heavy atom. The minimum Gasteiger partial charge on any atom is -0.0654 e. The fraction of sp³-hybridized carbons (Fsp3) is 0.163. The Balaban J connectivity index is 0.809. The van der Waals surface area contributed by atoms with E-state index in [9.17, 15) is 0 Å². The van der Waals surface area contributed by atoms with Gasteiger partial charge in [-0.25, -0.2) is 0 Å². The monoisotopic (exact) mass is 1100 g/mol. The SMILES string of the molecule is CCCCCCCCc1ccc(-c2c3ccccc3c(-c3ccc4c(c3)C(C)(C)c3cc(-c5c6ccccc6c(-c6c7ccccc7c(-c7ccc8c(c7)C(C)(C)c7ccccc7-8)c7ccccc67)c6ccccc56)ccc3-4)c3ccccc23)cc1. The van der Waals surface area contributed by atoms with Crippen LogP contribution in [0.5, 0.6) is 0 Å². The largest absolute Gasteiger partial charge is 0.0654 e. The predicted octanol–water partition coefficient (Wildman–Crippen LogP) is 24.5. The molecule has 2 aliphatic carbocycles. The van der Waals surface area contributed by atoms with Crippen molar-refractivity contribution in [3.05, 3.63) is 277 Å². The van der Waals surface area contributed by atoms with Crippen molar-refractivity contribution in [3.63, 3.8) is 0 Å². The molecule has 414 valence electrons. The van der Waals surface area contributed by atoms with E-state index < -0.39 is 0 Å². The molecule has 14 aromatic rings. The first-order valence-corrected chi connectivity index (χ1v) is 31.6. The molecule has 2 aliphatic rings. The van der Waals surface area contributed by atoms with Crippen molar-refractivity contribution in [1.29, 1.82) is 0 Å². The number of benzene rings is 14. The van der Waals surface area contributed by atoms with Crippen LogP contribution < -0.4 is 0 Å². The van der Waals surface area contributed by atoms with Crippen LogP contribution in [0, 0.1) is 0 Å². The number of unbranched alkanes of at least 4 members (excludes halogenated alkanes) is 5. The minimum absolute atomic E-state index is 0.102. The van der Waals surface area contributed by atoms with E-state index in [0.717, 1.165) is 6.42 Å². The fourth-order valence-electron chi connectivity index (χ4n) is 16.0. The Hall–Kier alpha value is -9.36. The Labute approximate surface area is 506 Å². The average molecular weight is 1100 g/mol. The van der Waals surface area contributed by atoms with Gasteiger partial charge in [0.25, 0.3) is 0 Å². The summed E-state index contributed by atoms with van der Waals surface area (Å²) < 4.78 is 0. The molecule has 16 rings (SSSR count). The highest BCUT2D eigenvalue weighted by molar-refractivity contribution is 6.30. The summed E-state index contributed by atoms with van der Waals surface area (Å²) in [6, 6.07) is 95.5. The smallest absolute Gasteiger partial charge is 0.0159 e. The second-order valence-corrected chi connectivity index (χ2v) is 25.8. The maximum Gasteiger partial charge on any atom is 0.0159 e. The summed E-state index contributed by atoms with van der Waals surface area (Å²) >= 11 is 0. The molecule has 0 amide bonds. The lowest BCUT2D eigenvalue weighted by atomic mass is 9.78. The quantitative estimate of drug-likeness (QED) is 0.0845. The molecule has 86 heavy (non-hydrogen) atoms. The van der Waals surface area contributed by atoms with Gasteiger partial charge in [0.05, 0.1) is 0 Å². The van der Waals surface area contributed by atoms with Gasteiger partial charge in [-0.1, -0.05) is 297 Å². The van der Waals surface area contributed by atoms with Crippen molar-refractivity contribution in [1.82, 2.24) is 0 Å². The highest BCUT2D eigenvalue weighted by Crippen LogP contribution is 2.56. The van der Waals surface area contributed by atoms with Crippen molar-refractivity contribution < 1.29 is 0 Å². The molecular formula is C86H70. The highest BCUT2D eigenvalue weighted by Gasteiger charge is 2.38. The second kappa shape index (κ2) is 20.4. The third-order valence-corrected chi connectivity index (χ3v) is 20.2. The van der Waals surface area contributed by atoms with Gasteiger partial charge in [-0.05, 0) is 201 Å². The molecule has 0 unspecified atom stereocenters. The molecule has 0 saturated carbocycles. The Bertz CT molecular complexity index is 4910. The average Bonchev–Trinajstić information content (AvgIpc) is 1.00. The Morgan fingerprint density at radius 1 is 0.233 bits per heavy atom. The van der Waals surface area contributed by atoms with Crippen LogP contribution in [0.3, 0.4) is 0 Å². The van der Waals surface area contributed by atoms with E-state index in [0.29, 0.717) is 0 Å². The summed E-state index contributed by atoms with van der Waals surface area (Å²) in [5, 5.41) is 15.3. The molecular weight excluding hydrogens is 1030 g/mol. The summed E-state index contributed by atoms with van der Waals surface area (Å²) in [6.45, 7) is 12.0. The number of hydrogen-bond acceptors (Lipinski definition) is 0. The van der Waals surface area contributed by atoms with E-state index in [1.165, 1.54) is 209 Å². The van der Waals surface area contributed by atoms with Crippen LogP contribution in [0.25, 0.3) is 143 Å². The molecule has 14 aromatic carbocycles. The van der Waals surface area contributed by atoms with E-state index >= 15 is 0 Å². The first-order valence-electron chi connectivity index (χ1n) is 31.6. The summed E-state index contributed by atoms with van der Waals surface area (Å²) in [5.41, 5.74) is 24.8. The van der Waals surface area contributed by atoms with E-state index in [2.05, 4.69) is 283 Å². The first kappa shape index (κ1) is 52.2. The van der Waals surface area contributed by atoms with Gasteiger partial charge >= 0.3 is 0 Å². The fourth-order valence-corrected chi connectivity index (χ4v) is 16.0. The highest BCUT2D eigenvalue weighted by atomic mass is 14.4. The second-order valence-electron chi connectivity index (χ2n) is 25.8. The molecule has 0 nitrogen and oxygen atoms in total. The maximum atomic E-state index is 2.54. The lowest BCUT2D eigenvalue weighted by molar-refractivity contribution is 0.607. The van der Waals surface area contributed by atoms with Gasteiger partial charge in [0, 0.05) is 10.8 Å². The van der Waals surface area contributed by atoms with Gasteiger partial charge in [-0.3, -0.25) is 0 Å². The zero-order chi connectivity index (χ0) is 57.8.